The second-order valence-corrected chi connectivity index (χ2v) is 3.80. The van der Waals surface area contributed by atoms with E-state index in [1.54, 1.807) is 6.07 Å². The zero-order valence-corrected chi connectivity index (χ0v) is 9.23. The highest BCUT2D eigenvalue weighted by molar-refractivity contribution is 5.99. The van der Waals surface area contributed by atoms with Gasteiger partial charge < -0.3 is 15.4 Å². The molecule has 0 aliphatic heterocycles. The molecule has 88 valence electrons. The first-order valence-corrected chi connectivity index (χ1v) is 5.19. The number of carbonyl (C=O) groups is 2. The Kier molecular flexibility index (Phi) is 2.82. The highest BCUT2D eigenvalue weighted by atomic mass is 16.4. The number of hydrogen-bond donors (Lipinski definition) is 3. The smallest absolute Gasteiger partial charge is 0.325 e. The average molecular weight is 232 g/mol. The van der Waals surface area contributed by atoms with Crippen molar-refractivity contribution < 1.29 is 14.7 Å². The van der Waals surface area contributed by atoms with Crippen molar-refractivity contribution in [3.8, 4) is 0 Å². The second kappa shape index (κ2) is 4.29. The van der Waals surface area contributed by atoms with Gasteiger partial charge in [-0.3, -0.25) is 9.59 Å². The average Bonchev–Trinajstić information content (AvgIpc) is 2.72. The molecule has 1 heterocycles. The molecule has 0 aliphatic carbocycles. The van der Waals surface area contributed by atoms with Gasteiger partial charge >= 0.3 is 5.97 Å². The number of carboxylic acid groups (broad SMARTS) is 1. The number of carbonyl (C=O) groups excluding carboxylic acids is 1. The largest absolute Gasteiger partial charge is 0.480 e. The van der Waals surface area contributed by atoms with Crippen LogP contribution in [0.15, 0.2) is 30.3 Å². The fraction of sp³-hybridized carbons (Fsp3) is 0.167. The lowest BCUT2D eigenvalue weighted by molar-refractivity contribution is -0.138. The number of hydrogen-bond acceptors (Lipinski definition) is 2. The fourth-order valence-corrected chi connectivity index (χ4v) is 1.53. The number of benzene rings is 1. The number of aromatic nitrogens is 1. The minimum atomic E-state index is -1.06. The molecular weight excluding hydrogens is 220 g/mol. The molecule has 2 aromatic rings. The number of carboxylic acids is 1. The van der Waals surface area contributed by atoms with Crippen LogP contribution in [-0.2, 0) is 4.79 Å². The molecule has 1 amide bonds. The highest BCUT2D eigenvalue weighted by Crippen LogP contribution is 2.14. The number of fused-ring (bicyclic) bond motifs is 1. The molecule has 0 unspecified atom stereocenters. The monoisotopic (exact) mass is 232 g/mol. The number of rotatable bonds is 3. The van der Waals surface area contributed by atoms with Crippen LogP contribution in [0.25, 0.3) is 10.9 Å². The Hall–Kier alpha value is -2.30. The first-order chi connectivity index (χ1) is 8.08. The molecule has 2 rings (SSSR count). The van der Waals surface area contributed by atoms with Crippen LogP contribution in [0.5, 0.6) is 0 Å². The Balaban J connectivity index is 2.22. The van der Waals surface area contributed by atoms with E-state index in [2.05, 4.69) is 10.3 Å². The molecular formula is C12H12N2O3. The molecule has 0 spiro atoms. The van der Waals surface area contributed by atoms with Crippen LogP contribution < -0.4 is 5.32 Å². The SMILES string of the molecule is C[C@H](NC(=O)c1cc2ccccc2[nH]1)C(=O)O. The van der Waals surface area contributed by atoms with Crippen molar-refractivity contribution in [1.82, 2.24) is 10.3 Å². The predicted octanol–water partition coefficient (Wildman–Crippen LogP) is 1.37. The summed E-state index contributed by atoms with van der Waals surface area (Å²) in [7, 11) is 0. The van der Waals surface area contributed by atoms with Crippen LogP contribution in [0.1, 0.15) is 17.4 Å². The topological polar surface area (TPSA) is 82.2 Å². The van der Waals surface area contributed by atoms with Crippen LogP contribution in [-0.4, -0.2) is 28.0 Å². The third-order valence-electron chi connectivity index (χ3n) is 2.49. The Labute approximate surface area is 97.4 Å². The lowest BCUT2D eigenvalue weighted by Gasteiger charge is -2.07. The van der Waals surface area contributed by atoms with Crippen molar-refractivity contribution in [3.63, 3.8) is 0 Å². The van der Waals surface area contributed by atoms with Gasteiger partial charge in [0, 0.05) is 10.9 Å². The summed E-state index contributed by atoms with van der Waals surface area (Å²) in [6.07, 6.45) is 0. The molecule has 17 heavy (non-hydrogen) atoms. The maximum atomic E-state index is 11.7. The van der Waals surface area contributed by atoms with Gasteiger partial charge in [0.2, 0.25) is 0 Å². The molecule has 5 nitrogen and oxygen atoms in total. The van der Waals surface area contributed by atoms with E-state index in [4.69, 9.17) is 5.11 Å². The summed E-state index contributed by atoms with van der Waals surface area (Å²) < 4.78 is 0. The van der Waals surface area contributed by atoms with E-state index < -0.39 is 17.9 Å². The molecule has 0 bridgehead atoms. The van der Waals surface area contributed by atoms with E-state index in [9.17, 15) is 9.59 Å². The van der Waals surface area contributed by atoms with Gasteiger partial charge in [-0.1, -0.05) is 18.2 Å². The van der Waals surface area contributed by atoms with E-state index in [0.29, 0.717) is 5.69 Å². The zero-order valence-electron chi connectivity index (χ0n) is 9.23. The minimum Gasteiger partial charge on any atom is -0.480 e. The van der Waals surface area contributed by atoms with Crippen molar-refractivity contribution in [3.05, 3.63) is 36.0 Å². The molecule has 0 saturated heterocycles. The summed E-state index contributed by atoms with van der Waals surface area (Å²) in [5.41, 5.74) is 1.21. The van der Waals surface area contributed by atoms with E-state index in [1.165, 1.54) is 6.92 Å². The van der Waals surface area contributed by atoms with Gasteiger partial charge in [0.05, 0.1) is 0 Å². The number of nitrogens with one attached hydrogen (secondary N) is 2. The Morgan fingerprint density at radius 2 is 2.06 bits per heavy atom. The van der Waals surface area contributed by atoms with E-state index >= 15 is 0 Å². The molecule has 0 saturated carbocycles. The standard InChI is InChI=1S/C12H12N2O3/c1-7(12(16)17)13-11(15)10-6-8-4-2-3-5-9(8)14-10/h2-7,14H,1H3,(H,13,15)(H,16,17)/t7-/m0/s1. The number of aliphatic carboxylic acids is 1. The highest BCUT2D eigenvalue weighted by Gasteiger charge is 2.16. The van der Waals surface area contributed by atoms with Crippen molar-refractivity contribution in [2.45, 2.75) is 13.0 Å². The summed E-state index contributed by atoms with van der Waals surface area (Å²) >= 11 is 0. The van der Waals surface area contributed by atoms with Crippen LogP contribution >= 0.6 is 0 Å². The van der Waals surface area contributed by atoms with Gasteiger partial charge in [-0.25, -0.2) is 0 Å². The van der Waals surface area contributed by atoms with Gasteiger partial charge in [-0.2, -0.15) is 0 Å². The summed E-state index contributed by atoms with van der Waals surface area (Å²) in [6, 6.07) is 8.25. The normalized spacial score (nSPS) is 12.3. The minimum absolute atomic E-state index is 0.360. The van der Waals surface area contributed by atoms with Gasteiger partial charge in [0.1, 0.15) is 11.7 Å². The first-order valence-electron chi connectivity index (χ1n) is 5.19. The van der Waals surface area contributed by atoms with E-state index in [-0.39, 0.29) is 0 Å². The Morgan fingerprint density at radius 1 is 1.35 bits per heavy atom. The Bertz CT molecular complexity index is 541. The quantitative estimate of drug-likeness (QED) is 0.747. The number of amides is 1. The third kappa shape index (κ3) is 2.28. The summed E-state index contributed by atoms with van der Waals surface area (Å²) in [4.78, 5) is 25.3. The lowest BCUT2D eigenvalue weighted by Crippen LogP contribution is -2.38. The molecule has 1 aromatic heterocycles. The predicted molar refractivity (Wildman–Crippen MR) is 62.9 cm³/mol. The number of para-hydroxylation sites is 1. The molecule has 0 radical (unpaired) electrons. The van der Waals surface area contributed by atoms with Crippen molar-refractivity contribution in [2.75, 3.05) is 0 Å². The zero-order chi connectivity index (χ0) is 12.4. The molecule has 1 atom stereocenters. The number of aromatic amines is 1. The van der Waals surface area contributed by atoms with Crippen molar-refractivity contribution in [2.24, 2.45) is 0 Å². The molecule has 0 aliphatic rings. The maximum Gasteiger partial charge on any atom is 0.325 e. The van der Waals surface area contributed by atoms with Gasteiger partial charge in [-0.05, 0) is 19.1 Å². The van der Waals surface area contributed by atoms with E-state index in [1.807, 2.05) is 24.3 Å². The van der Waals surface area contributed by atoms with Gasteiger partial charge in [-0.15, -0.1) is 0 Å². The van der Waals surface area contributed by atoms with E-state index in [0.717, 1.165) is 10.9 Å². The molecule has 5 heteroatoms. The van der Waals surface area contributed by atoms with Crippen molar-refractivity contribution >= 4 is 22.8 Å². The molecule has 0 fully saturated rings. The molecule has 3 N–H and O–H groups in total. The lowest BCUT2D eigenvalue weighted by atomic mass is 10.2. The van der Waals surface area contributed by atoms with Crippen LogP contribution in [0.4, 0.5) is 0 Å². The third-order valence-corrected chi connectivity index (χ3v) is 2.49. The second-order valence-electron chi connectivity index (χ2n) is 3.80. The first kappa shape index (κ1) is 11.2. The van der Waals surface area contributed by atoms with Crippen LogP contribution in [0.3, 0.4) is 0 Å². The maximum absolute atomic E-state index is 11.7. The Morgan fingerprint density at radius 3 is 2.71 bits per heavy atom. The van der Waals surface area contributed by atoms with Crippen LogP contribution in [0, 0.1) is 0 Å². The van der Waals surface area contributed by atoms with Gasteiger partial charge in [0.25, 0.3) is 5.91 Å². The summed E-state index contributed by atoms with van der Waals surface area (Å²) in [5, 5.41) is 12.0. The van der Waals surface area contributed by atoms with Gasteiger partial charge in [0.15, 0.2) is 0 Å². The summed E-state index contributed by atoms with van der Waals surface area (Å²) in [5.74, 6) is -1.48. The van der Waals surface area contributed by atoms with Crippen molar-refractivity contribution in [1.29, 1.82) is 0 Å². The fourth-order valence-electron chi connectivity index (χ4n) is 1.53. The number of H-pyrrole nitrogens is 1. The molecule has 1 aromatic carbocycles. The van der Waals surface area contributed by atoms with Crippen LogP contribution in [0.2, 0.25) is 0 Å². The summed E-state index contributed by atoms with van der Waals surface area (Å²) in [6.45, 7) is 1.42.